The van der Waals surface area contributed by atoms with Gasteiger partial charge in [0.2, 0.25) is 6.36 Å². The van der Waals surface area contributed by atoms with Crippen LogP contribution in [0, 0.1) is 0 Å². The topological polar surface area (TPSA) is 61.8 Å². The lowest BCUT2D eigenvalue weighted by atomic mass is 10.0. The van der Waals surface area contributed by atoms with Crippen molar-refractivity contribution < 1.29 is 28.2 Å². The van der Waals surface area contributed by atoms with Crippen LogP contribution in [0.15, 0.2) is 60.7 Å². The first-order chi connectivity index (χ1) is 13.0. The fourth-order valence-corrected chi connectivity index (χ4v) is 3.32. The van der Waals surface area contributed by atoms with Gasteiger partial charge < -0.3 is 14.2 Å². The van der Waals surface area contributed by atoms with Gasteiger partial charge in [0.05, 0.1) is 17.2 Å². The first-order valence-corrected chi connectivity index (χ1v) is 9.34. The first-order valence-electron chi connectivity index (χ1n) is 8.43. The minimum atomic E-state index is -1.71. The highest BCUT2D eigenvalue weighted by atomic mass is 79.9. The number of benzene rings is 2. The number of rotatable bonds is 4. The molecule has 3 rings (SSSR count). The minimum absolute atomic E-state index is 0.319. The number of hydrogen-bond acceptors (Lipinski definition) is 5. The summed E-state index contributed by atoms with van der Waals surface area (Å²) >= 11 is 3.17. The van der Waals surface area contributed by atoms with Gasteiger partial charge in [-0.25, -0.2) is 14.0 Å². The molecule has 1 aliphatic heterocycles. The summed E-state index contributed by atoms with van der Waals surface area (Å²) in [6.45, 7) is 1.57. The molecule has 0 bridgehead atoms. The van der Waals surface area contributed by atoms with E-state index in [-0.39, 0.29) is 0 Å². The van der Waals surface area contributed by atoms with E-state index in [0.717, 1.165) is 0 Å². The molecule has 0 aliphatic carbocycles. The summed E-state index contributed by atoms with van der Waals surface area (Å²) in [4.78, 5) is 23.9. The number of carbonyl (C=O) groups is 2. The molecular formula is C20H18BrFO5. The summed E-state index contributed by atoms with van der Waals surface area (Å²) in [5.74, 6) is -1.24. The average molecular weight is 437 g/mol. The molecule has 27 heavy (non-hydrogen) atoms. The normalized spacial score (nSPS) is 27.6. The summed E-state index contributed by atoms with van der Waals surface area (Å²) in [6.07, 6.45) is -4.53. The molecule has 2 aromatic carbocycles. The van der Waals surface area contributed by atoms with E-state index < -0.39 is 41.4 Å². The number of hydrogen-bond donors (Lipinski definition) is 0. The van der Waals surface area contributed by atoms with Crippen molar-refractivity contribution in [2.45, 2.75) is 36.4 Å². The standard InChI is InChI=1S/C20H18BrFO5/c1-12-16(26-19(23)13-8-4-2-5-9-13)17(15(21)18(22)25-12)27-20(24)14-10-6-3-7-11-14/h2-12,15-18H,1H3/t12-,15-,16+,17-,18-/m1/s1. The Bertz CT molecular complexity index is 785. The zero-order valence-corrected chi connectivity index (χ0v) is 16.0. The maximum absolute atomic E-state index is 14.2. The predicted octanol–water partition coefficient (Wildman–Crippen LogP) is 3.92. The molecule has 0 radical (unpaired) electrons. The van der Waals surface area contributed by atoms with Gasteiger partial charge in [-0.05, 0) is 31.2 Å². The molecule has 5 atom stereocenters. The van der Waals surface area contributed by atoms with Crippen molar-refractivity contribution in [3.63, 3.8) is 0 Å². The Kier molecular flexibility index (Phi) is 6.23. The summed E-state index contributed by atoms with van der Waals surface area (Å²) in [5, 5.41) is 0. The van der Waals surface area contributed by atoms with Crippen LogP contribution < -0.4 is 0 Å². The largest absolute Gasteiger partial charge is 0.453 e. The Morgan fingerprint density at radius 3 is 1.81 bits per heavy atom. The number of carbonyl (C=O) groups excluding carboxylic acids is 2. The van der Waals surface area contributed by atoms with Crippen LogP contribution in [0.5, 0.6) is 0 Å². The second-order valence-corrected chi connectivity index (χ2v) is 7.17. The molecule has 0 saturated carbocycles. The van der Waals surface area contributed by atoms with Crippen LogP contribution >= 0.6 is 15.9 Å². The third kappa shape index (κ3) is 4.54. The first kappa shape index (κ1) is 19.5. The lowest BCUT2D eigenvalue weighted by molar-refractivity contribution is -0.194. The lowest BCUT2D eigenvalue weighted by Gasteiger charge is -2.39. The highest BCUT2D eigenvalue weighted by Crippen LogP contribution is 2.32. The van der Waals surface area contributed by atoms with Gasteiger partial charge in [0.1, 0.15) is 4.83 Å². The molecule has 1 aliphatic rings. The zero-order valence-electron chi connectivity index (χ0n) is 14.5. The molecule has 1 saturated heterocycles. The third-order valence-electron chi connectivity index (χ3n) is 4.20. The fourth-order valence-electron chi connectivity index (χ4n) is 2.78. The van der Waals surface area contributed by atoms with Gasteiger partial charge in [0, 0.05) is 0 Å². The van der Waals surface area contributed by atoms with Crippen LogP contribution in [-0.2, 0) is 14.2 Å². The molecule has 7 heteroatoms. The Labute approximate surface area is 164 Å². The van der Waals surface area contributed by atoms with Crippen LogP contribution in [0.1, 0.15) is 27.6 Å². The van der Waals surface area contributed by atoms with Crippen molar-refractivity contribution in [3.8, 4) is 0 Å². The van der Waals surface area contributed by atoms with Gasteiger partial charge in [-0.2, -0.15) is 0 Å². The summed E-state index contributed by atoms with van der Waals surface area (Å²) in [6, 6.07) is 16.7. The molecule has 5 nitrogen and oxygen atoms in total. The molecule has 0 amide bonds. The second kappa shape index (κ2) is 8.63. The summed E-state index contributed by atoms with van der Waals surface area (Å²) in [7, 11) is 0. The van der Waals surface area contributed by atoms with Crippen molar-refractivity contribution in [3.05, 3.63) is 71.8 Å². The Morgan fingerprint density at radius 2 is 1.33 bits per heavy atom. The number of alkyl halides is 2. The van der Waals surface area contributed by atoms with Crippen molar-refractivity contribution >= 4 is 27.9 Å². The molecule has 142 valence electrons. The van der Waals surface area contributed by atoms with E-state index in [1.54, 1.807) is 67.6 Å². The van der Waals surface area contributed by atoms with Crippen molar-refractivity contribution in [2.24, 2.45) is 0 Å². The van der Waals surface area contributed by atoms with Gasteiger partial charge >= 0.3 is 11.9 Å². The summed E-state index contributed by atoms with van der Waals surface area (Å²) < 4.78 is 30.4. The van der Waals surface area contributed by atoms with Crippen LogP contribution in [0.4, 0.5) is 4.39 Å². The van der Waals surface area contributed by atoms with Crippen LogP contribution in [0.25, 0.3) is 0 Å². The van der Waals surface area contributed by atoms with E-state index in [4.69, 9.17) is 14.2 Å². The molecule has 0 N–H and O–H groups in total. The molecule has 0 unspecified atom stereocenters. The van der Waals surface area contributed by atoms with Gasteiger partial charge in [0.15, 0.2) is 12.2 Å². The molecule has 1 heterocycles. The zero-order chi connectivity index (χ0) is 19.4. The Balaban J connectivity index is 1.80. The predicted molar refractivity (Wildman–Crippen MR) is 99.4 cm³/mol. The monoisotopic (exact) mass is 436 g/mol. The van der Waals surface area contributed by atoms with Gasteiger partial charge in [0.25, 0.3) is 0 Å². The van der Waals surface area contributed by atoms with E-state index in [2.05, 4.69) is 15.9 Å². The Morgan fingerprint density at radius 1 is 0.889 bits per heavy atom. The molecule has 0 spiro atoms. The summed E-state index contributed by atoms with van der Waals surface area (Å²) in [5.41, 5.74) is 0.659. The van der Waals surface area contributed by atoms with Crippen LogP contribution in [0.3, 0.4) is 0 Å². The van der Waals surface area contributed by atoms with Gasteiger partial charge in [-0.3, -0.25) is 0 Å². The van der Waals surface area contributed by atoms with E-state index in [0.29, 0.717) is 11.1 Å². The molecule has 0 aromatic heterocycles. The van der Waals surface area contributed by atoms with Crippen LogP contribution in [-0.4, -0.2) is 41.4 Å². The van der Waals surface area contributed by atoms with Crippen LogP contribution in [0.2, 0.25) is 0 Å². The van der Waals surface area contributed by atoms with Gasteiger partial charge in [-0.15, -0.1) is 0 Å². The maximum Gasteiger partial charge on any atom is 0.338 e. The number of halogens is 2. The number of esters is 2. The van der Waals surface area contributed by atoms with Crippen molar-refractivity contribution in [1.29, 1.82) is 0 Å². The molecular weight excluding hydrogens is 419 g/mol. The fraction of sp³-hybridized carbons (Fsp3) is 0.300. The van der Waals surface area contributed by atoms with Crippen molar-refractivity contribution in [1.82, 2.24) is 0 Å². The van der Waals surface area contributed by atoms with E-state index in [1.165, 1.54) is 0 Å². The smallest absolute Gasteiger partial charge is 0.338 e. The Hall–Kier alpha value is -2.25. The minimum Gasteiger partial charge on any atom is -0.453 e. The van der Waals surface area contributed by atoms with Gasteiger partial charge in [-0.1, -0.05) is 52.3 Å². The lowest BCUT2D eigenvalue weighted by Crippen LogP contribution is -2.56. The average Bonchev–Trinajstić information content (AvgIpc) is 2.69. The van der Waals surface area contributed by atoms with E-state index in [9.17, 15) is 14.0 Å². The second-order valence-electron chi connectivity index (χ2n) is 6.11. The van der Waals surface area contributed by atoms with Crippen molar-refractivity contribution in [2.75, 3.05) is 0 Å². The van der Waals surface area contributed by atoms with E-state index in [1.807, 2.05) is 0 Å². The highest BCUT2D eigenvalue weighted by Gasteiger charge is 2.48. The van der Waals surface area contributed by atoms with E-state index >= 15 is 0 Å². The highest BCUT2D eigenvalue weighted by molar-refractivity contribution is 9.09. The molecule has 2 aromatic rings. The quantitative estimate of drug-likeness (QED) is 0.536. The third-order valence-corrected chi connectivity index (χ3v) is 5.14. The molecule has 1 fully saturated rings. The maximum atomic E-state index is 14.2. The number of ether oxygens (including phenoxy) is 3. The SMILES string of the molecule is C[C@H]1O[C@@H](F)[C@H](Br)[C@@H](OC(=O)c2ccccc2)[C@H]1OC(=O)c1ccccc1.